The van der Waals surface area contributed by atoms with Crippen molar-refractivity contribution in [2.45, 2.75) is 6.42 Å². The van der Waals surface area contributed by atoms with Crippen molar-refractivity contribution in [3.05, 3.63) is 47.5 Å². The van der Waals surface area contributed by atoms with E-state index in [4.69, 9.17) is 9.47 Å². The van der Waals surface area contributed by atoms with Crippen molar-refractivity contribution in [1.82, 2.24) is 0 Å². The molecule has 7 nitrogen and oxygen atoms in total. The average Bonchev–Trinajstić information content (AvgIpc) is 3.19. The third-order valence-electron chi connectivity index (χ3n) is 4.23. The average molecular weight is 360 g/mol. The van der Waals surface area contributed by atoms with E-state index < -0.39 is 10.0 Å². The topological polar surface area (TPSA) is 84.9 Å². The fraction of sp³-hybridized carbons (Fsp3) is 0.235. The number of nitrogens with one attached hydrogen (secondary N) is 1. The predicted octanol–water partition coefficient (Wildman–Crippen LogP) is 1.99. The van der Waals surface area contributed by atoms with Crippen LogP contribution >= 0.6 is 0 Å². The number of anilines is 2. The number of carbonyl (C=O) groups excluding carboxylic acids is 1. The minimum absolute atomic E-state index is 0.155. The molecule has 0 saturated carbocycles. The van der Waals surface area contributed by atoms with Gasteiger partial charge >= 0.3 is 0 Å². The van der Waals surface area contributed by atoms with Crippen LogP contribution in [0.4, 0.5) is 11.4 Å². The van der Waals surface area contributed by atoms with Crippen LogP contribution in [0.25, 0.3) is 0 Å². The smallest absolute Gasteiger partial charge is 0.255 e. The molecular formula is C17H16N2O5S. The molecule has 2 aromatic carbocycles. The maximum Gasteiger partial charge on any atom is 0.255 e. The number of hydrogen-bond acceptors (Lipinski definition) is 5. The molecule has 0 unspecified atom stereocenters. The number of carbonyl (C=O) groups is 1. The van der Waals surface area contributed by atoms with Gasteiger partial charge in [-0.15, -0.1) is 0 Å². The first-order valence-electron chi connectivity index (χ1n) is 7.73. The molecule has 0 aromatic heterocycles. The summed E-state index contributed by atoms with van der Waals surface area (Å²) in [6.07, 6.45) is 1.81. The monoisotopic (exact) mass is 360 g/mol. The fourth-order valence-corrected chi connectivity index (χ4v) is 3.99. The van der Waals surface area contributed by atoms with Gasteiger partial charge in [0, 0.05) is 17.8 Å². The summed E-state index contributed by atoms with van der Waals surface area (Å²) < 4.78 is 35.4. The predicted molar refractivity (Wildman–Crippen MR) is 92.9 cm³/mol. The minimum atomic E-state index is -3.28. The van der Waals surface area contributed by atoms with Gasteiger partial charge in [-0.1, -0.05) is 0 Å². The summed E-state index contributed by atoms with van der Waals surface area (Å²) in [7, 11) is -3.28. The van der Waals surface area contributed by atoms with Gasteiger partial charge in [0.15, 0.2) is 11.5 Å². The van der Waals surface area contributed by atoms with E-state index >= 15 is 0 Å². The number of nitrogens with zero attached hydrogens (tertiary/aromatic N) is 1. The molecular weight excluding hydrogens is 344 g/mol. The first-order chi connectivity index (χ1) is 11.9. The van der Waals surface area contributed by atoms with Crippen LogP contribution in [0.1, 0.15) is 15.9 Å². The van der Waals surface area contributed by atoms with E-state index in [1.54, 1.807) is 30.3 Å². The number of rotatable bonds is 3. The van der Waals surface area contributed by atoms with Crippen LogP contribution in [0.15, 0.2) is 36.4 Å². The summed E-state index contributed by atoms with van der Waals surface area (Å²) in [6, 6.07) is 10.2. The number of amides is 1. The molecule has 0 atom stereocenters. The molecule has 2 heterocycles. The van der Waals surface area contributed by atoms with Crippen molar-refractivity contribution in [1.29, 1.82) is 0 Å². The highest BCUT2D eigenvalue weighted by Gasteiger charge is 2.26. The van der Waals surface area contributed by atoms with Crippen LogP contribution in [0.3, 0.4) is 0 Å². The van der Waals surface area contributed by atoms with Gasteiger partial charge in [-0.3, -0.25) is 9.10 Å². The molecule has 0 saturated heterocycles. The second kappa shape index (κ2) is 5.66. The van der Waals surface area contributed by atoms with E-state index in [1.807, 2.05) is 6.07 Å². The Bertz CT molecular complexity index is 971. The lowest BCUT2D eigenvalue weighted by atomic mass is 10.1. The van der Waals surface area contributed by atoms with Gasteiger partial charge in [0.2, 0.25) is 16.8 Å². The number of benzene rings is 2. The molecule has 0 spiro atoms. The molecule has 8 heteroatoms. The summed E-state index contributed by atoms with van der Waals surface area (Å²) in [5.74, 6) is 0.900. The molecule has 2 aromatic rings. The highest BCUT2D eigenvalue weighted by molar-refractivity contribution is 7.92. The maximum absolute atomic E-state index is 12.4. The summed E-state index contributed by atoms with van der Waals surface area (Å²) in [6.45, 7) is 0.579. The van der Waals surface area contributed by atoms with Crippen molar-refractivity contribution >= 4 is 27.3 Å². The molecule has 0 bridgehead atoms. The van der Waals surface area contributed by atoms with E-state index in [-0.39, 0.29) is 12.7 Å². The zero-order chi connectivity index (χ0) is 17.6. The molecule has 4 rings (SSSR count). The summed E-state index contributed by atoms with van der Waals surface area (Å²) in [5, 5.41) is 2.83. The van der Waals surface area contributed by atoms with Gasteiger partial charge < -0.3 is 14.8 Å². The van der Waals surface area contributed by atoms with Crippen LogP contribution in [-0.2, 0) is 16.4 Å². The summed E-state index contributed by atoms with van der Waals surface area (Å²) in [4.78, 5) is 12.4. The summed E-state index contributed by atoms with van der Waals surface area (Å²) >= 11 is 0. The molecule has 130 valence electrons. The fourth-order valence-electron chi connectivity index (χ4n) is 3.03. The molecule has 2 aliphatic heterocycles. The zero-order valence-electron chi connectivity index (χ0n) is 13.5. The van der Waals surface area contributed by atoms with Crippen LogP contribution in [-0.4, -0.2) is 33.9 Å². The Balaban J connectivity index is 1.55. The number of sulfonamides is 1. The second-order valence-electron chi connectivity index (χ2n) is 5.95. The number of ether oxygens (including phenoxy) is 2. The van der Waals surface area contributed by atoms with Crippen molar-refractivity contribution in [3.63, 3.8) is 0 Å². The molecule has 0 aliphatic carbocycles. The van der Waals surface area contributed by atoms with Gasteiger partial charge in [0.25, 0.3) is 5.91 Å². The van der Waals surface area contributed by atoms with Crippen LogP contribution in [0.5, 0.6) is 11.5 Å². The van der Waals surface area contributed by atoms with Crippen molar-refractivity contribution in [2.24, 2.45) is 0 Å². The van der Waals surface area contributed by atoms with E-state index in [9.17, 15) is 13.2 Å². The van der Waals surface area contributed by atoms with Crippen molar-refractivity contribution in [3.8, 4) is 11.5 Å². The van der Waals surface area contributed by atoms with Crippen LogP contribution < -0.4 is 19.1 Å². The lowest BCUT2D eigenvalue weighted by Gasteiger charge is -2.16. The second-order valence-corrected chi connectivity index (χ2v) is 7.86. The maximum atomic E-state index is 12.4. The molecule has 2 aliphatic rings. The largest absolute Gasteiger partial charge is 0.454 e. The molecule has 0 radical (unpaired) electrons. The highest BCUT2D eigenvalue weighted by Crippen LogP contribution is 2.34. The molecule has 0 fully saturated rings. The van der Waals surface area contributed by atoms with Gasteiger partial charge in [-0.05, 0) is 48.4 Å². The Morgan fingerprint density at radius 2 is 1.92 bits per heavy atom. The quantitative estimate of drug-likeness (QED) is 0.905. The Labute approximate surface area is 145 Å². The number of hydrogen-bond donors (Lipinski definition) is 1. The van der Waals surface area contributed by atoms with Gasteiger partial charge in [-0.2, -0.15) is 0 Å². The third kappa shape index (κ3) is 2.89. The van der Waals surface area contributed by atoms with Gasteiger partial charge in [-0.25, -0.2) is 8.42 Å². The Morgan fingerprint density at radius 3 is 2.72 bits per heavy atom. The third-order valence-corrected chi connectivity index (χ3v) is 5.41. The summed E-state index contributed by atoms with van der Waals surface area (Å²) in [5.41, 5.74) is 2.65. The molecule has 25 heavy (non-hydrogen) atoms. The Morgan fingerprint density at radius 1 is 1.12 bits per heavy atom. The standard InChI is InChI=1S/C17H16N2O5S/c1-25(21,22)19-7-6-11-8-13(3-4-14(11)19)18-17(20)12-2-5-15-16(9-12)24-10-23-15/h2-5,8-9H,6-7,10H2,1H3,(H,18,20). The van der Waals surface area contributed by atoms with Crippen LogP contribution in [0, 0.1) is 0 Å². The van der Waals surface area contributed by atoms with E-state index in [0.717, 1.165) is 5.56 Å². The molecule has 1 N–H and O–H groups in total. The van der Waals surface area contributed by atoms with E-state index in [0.29, 0.717) is 41.4 Å². The Kier molecular flexibility index (Phi) is 3.57. The van der Waals surface area contributed by atoms with E-state index in [2.05, 4.69) is 5.32 Å². The molecule has 1 amide bonds. The zero-order valence-corrected chi connectivity index (χ0v) is 14.3. The van der Waals surface area contributed by atoms with Gasteiger partial charge in [0.1, 0.15) is 0 Å². The lowest BCUT2D eigenvalue weighted by molar-refractivity contribution is 0.102. The first-order valence-corrected chi connectivity index (χ1v) is 9.58. The van der Waals surface area contributed by atoms with Gasteiger partial charge in [0.05, 0.1) is 11.9 Å². The highest BCUT2D eigenvalue weighted by atomic mass is 32.2. The SMILES string of the molecule is CS(=O)(=O)N1CCc2cc(NC(=O)c3ccc4c(c3)OCO4)ccc21. The normalized spacial score (nSPS) is 15.2. The first kappa shape index (κ1) is 15.8. The van der Waals surface area contributed by atoms with Crippen LogP contribution in [0.2, 0.25) is 0 Å². The minimum Gasteiger partial charge on any atom is -0.454 e. The van der Waals surface area contributed by atoms with Crippen molar-refractivity contribution < 1.29 is 22.7 Å². The van der Waals surface area contributed by atoms with E-state index in [1.165, 1.54) is 10.6 Å². The van der Waals surface area contributed by atoms with Crippen molar-refractivity contribution in [2.75, 3.05) is 29.2 Å². The lowest BCUT2D eigenvalue weighted by Crippen LogP contribution is -2.27. The number of fused-ring (bicyclic) bond motifs is 2. The Hall–Kier alpha value is -2.74.